The van der Waals surface area contributed by atoms with Crippen LogP contribution < -0.4 is 10.2 Å². The van der Waals surface area contributed by atoms with Gasteiger partial charge in [-0.15, -0.1) is 22.7 Å². The second kappa shape index (κ2) is 9.34. The molecule has 31 heavy (non-hydrogen) atoms. The van der Waals surface area contributed by atoms with Crippen LogP contribution in [0, 0.1) is 5.92 Å². The lowest BCUT2D eigenvalue weighted by Gasteiger charge is -2.24. The van der Waals surface area contributed by atoms with Gasteiger partial charge in [-0.3, -0.25) is 4.79 Å². The summed E-state index contributed by atoms with van der Waals surface area (Å²) in [5.74, 6) is 0.711. The molecule has 1 saturated heterocycles. The Morgan fingerprint density at radius 3 is 3.03 bits per heavy atom. The summed E-state index contributed by atoms with van der Waals surface area (Å²) in [7, 11) is 0. The number of nitrogens with zero attached hydrogens (tertiary/aromatic N) is 2. The lowest BCUT2D eigenvalue weighted by molar-refractivity contribution is 0.0641. The van der Waals surface area contributed by atoms with E-state index in [1.165, 1.54) is 29.8 Å². The van der Waals surface area contributed by atoms with Crippen molar-refractivity contribution >= 4 is 44.5 Å². The number of hydrogen-bond acceptors (Lipinski definition) is 6. The molecule has 0 aliphatic carbocycles. The van der Waals surface area contributed by atoms with Crippen LogP contribution in [-0.2, 0) is 11.2 Å². The third-order valence-electron chi connectivity index (χ3n) is 5.88. The molecule has 1 aromatic carbocycles. The Morgan fingerprint density at radius 1 is 1.23 bits per heavy atom. The number of aryl methyl sites for hydroxylation is 1. The van der Waals surface area contributed by atoms with Gasteiger partial charge in [0.2, 0.25) is 0 Å². The maximum atomic E-state index is 12.7. The summed E-state index contributed by atoms with van der Waals surface area (Å²) in [6.45, 7) is 2.48. The molecule has 0 unspecified atom stereocenters. The van der Waals surface area contributed by atoms with Gasteiger partial charge in [-0.05, 0) is 68.0 Å². The average molecular weight is 452 g/mol. The normalized spacial score (nSPS) is 17.2. The number of benzene rings is 1. The Hall–Kier alpha value is -2.48. The molecule has 5 nitrogen and oxygen atoms in total. The topological polar surface area (TPSA) is 54.5 Å². The number of amides is 1. The highest BCUT2D eigenvalue weighted by molar-refractivity contribution is 7.16. The van der Waals surface area contributed by atoms with E-state index < -0.39 is 0 Å². The molecule has 0 atom stereocenters. The molecule has 1 amide bonds. The quantitative estimate of drug-likeness (QED) is 0.548. The number of ether oxygens (including phenoxy) is 1. The van der Waals surface area contributed by atoms with Crippen LogP contribution in [-0.4, -0.2) is 30.6 Å². The molecule has 3 aromatic rings. The summed E-state index contributed by atoms with van der Waals surface area (Å²) in [6.07, 6.45) is 10.8. The van der Waals surface area contributed by atoms with Crippen molar-refractivity contribution in [3.05, 3.63) is 69.6 Å². The summed E-state index contributed by atoms with van der Waals surface area (Å²) in [6, 6.07) is 7.92. The minimum atomic E-state index is -0.0840. The third kappa shape index (κ3) is 4.89. The number of thiazole rings is 1. The second-order valence-corrected chi connectivity index (χ2v) is 9.90. The number of carbonyl (C=O) groups is 1. The summed E-state index contributed by atoms with van der Waals surface area (Å²) >= 11 is 3.37. The summed E-state index contributed by atoms with van der Waals surface area (Å²) in [5.41, 5.74) is 5.47. The number of thiophene rings is 1. The van der Waals surface area contributed by atoms with Crippen LogP contribution in [0.3, 0.4) is 0 Å². The van der Waals surface area contributed by atoms with Crippen LogP contribution in [0.15, 0.2) is 59.2 Å². The molecule has 0 spiro atoms. The van der Waals surface area contributed by atoms with Gasteiger partial charge in [0.05, 0.1) is 28.0 Å². The Labute approximate surface area is 190 Å². The number of fused-ring (bicyclic) bond motifs is 1. The maximum absolute atomic E-state index is 12.7. The zero-order valence-electron chi connectivity index (χ0n) is 17.3. The van der Waals surface area contributed by atoms with Crippen molar-refractivity contribution in [1.29, 1.82) is 0 Å². The van der Waals surface area contributed by atoms with Crippen molar-refractivity contribution in [2.24, 2.45) is 5.92 Å². The van der Waals surface area contributed by atoms with E-state index in [0.717, 1.165) is 41.5 Å². The Balaban J connectivity index is 1.18. The number of nitrogens with one attached hydrogen (secondary N) is 1. The Kier molecular flexibility index (Phi) is 6.15. The van der Waals surface area contributed by atoms with E-state index in [1.54, 1.807) is 16.8 Å². The smallest absolute Gasteiger partial charge is 0.255 e. The second-order valence-electron chi connectivity index (χ2n) is 8.02. The van der Waals surface area contributed by atoms with Crippen LogP contribution in [0.1, 0.15) is 34.5 Å². The molecule has 0 bridgehead atoms. The molecule has 0 saturated carbocycles. The van der Waals surface area contributed by atoms with Gasteiger partial charge in [0.25, 0.3) is 5.91 Å². The third-order valence-corrected chi connectivity index (χ3v) is 7.66. The minimum absolute atomic E-state index is 0.0840. The van der Waals surface area contributed by atoms with E-state index >= 15 is 0 Å². The average Bonchev–Trinajstić information content (AvgIpc) is 3.47. The highest BCUT2D eigenvalue weighted by atomic mass is 32.1. The first kappa shape index (κ1) is 20.4. The molecule has 2 aliphatic heterocycles. The summed E-state index contributed by atoms with van der Waals surface area (Å²) < 4.78 is 6.49. The number of carbonyl (C=O) groups excluding carboxylic acids is 1. The Bertz CT molecular complexity index is 1120. The van der Waals surface area contributed by atoms with Crippen LogP contribution >= 0.6 is 22.7 Å². The molecule has 5 rings (SSSR count). The zero-order valence-corrected chi connectivity index (χ0v) is 18.9. The molecule has 7 heteroatoms. The van der Waals surface area contributed by atoms with Crippen molar-refractivity contribution in [2.75, 3.05) is 24.7 Å². The van der Waals surface area contributed by atoms with Gasteiger partial charge >= 0.3 is 0 Å². The predicted octanol–water partition coefficient (Wildman–Crippen LogP) is 5.36. The lowest BCUT2D eigenvalue weighted by atomic mass is 9.95. The van der Waals surface area contributed by atoms with Crippen molar-refractivity contribution in [3.63, 3.8) is 0 Å². The molecule has 160 valence electrons. The zero-order chi connectivity index (χ0) is 21.0. The molecular weight excluding hydrogens is 426 g/mol. The highest BCUT2D eigenvalue weighted by Gasteiger charge is 2.17. The van der Waals surface area contributed by atoms with Crippen LogP contribution in [0.5, 0.6) is 0 Å². The molecule has 4 heterocycles. The van der Waals surface area contributed by atoms with E-state index in [4.69, 9.17) is 4.74 Å². The monoisotopic (exact) mass is 451 g/mol. The van der Waals surface area contributed by atoms with Gasteiger partial charge in [0.15, 0.2) is 0 Å². The van der Waals surface area contributed by atoms with Gasteiger partial charge in [0, 0.05) is 40.9 Å². The molecule has 2 aliphatic rings. The van der Waals surface area contributed by atoms with Crippen LogP contribution in [0.4, 0.5) is 5.69 Å². The summed E-state index contributed by atoms with van der Waals surface area (Å²) in [4.78, 5) is 20.6. The van der Waals surface area contributed by atoms with E-state index in [1.807, 2.05) is 41.7 Å². The van der Waals surface area contributed by atoms with Crippen molar-refractivity contribution in [2.45, 2.75) is 25.7 Å². The minimum Gasteiger partial charge on any atom is -0.381 e. The van der Waals surface area contributed by atoms with E-state index in [0.29, 0.717) is 12.1 Å². The van der Waals surface area contributed by atoms with Gasteiger partial charge in [-0.1, -0.05) is 0 Å². The standard InChI is InChI=1S/C24H25N3O2S2/c28-24(18-4-6-22-23(12-18)31-16-25-22)26-19-2-1-9-27(14-19)20-13-21(30-15-20)5-3-17-7-10-29-11-8-17/h1-2,4,6,9,12-13,15-17H,3,5,7-8,10-11,14H2,(H,26,28). The highest BCUT2D eigenvalue weighted by Crippen LogP contribution is 2.29. The molecule has 0 radical (unpaired) electrons. The fourth-order valence-electron chi connectivity index (χ4n) is 4.06. The fraction of sp³-hybridized carbons (Fsp3) is 0.333. The maximum Gasteiger partial charge on any atom is 0.255 e. The first-order valence-corrected chi connectivity index (χ1v) is 12.4. The number of allylic oxidation sites excluding steroid dienone is 2. The van der Waals surface area contributed by atoms with Crippen LogP contribution in [0.2, 0.25) is 0 Å². The number of rotatable bonds is 6. The van der Waals surface area contributed by atoms with E-state index in [-0.39, 0.29) is 5.91 Å². The molecular formula is C24H25N3O2S2. The fourth-order valence-corrected chi connectivity index (χ4v) is 5.67. The number of aromatic nitrogens is 1. The van der Waals surface area contributed by atoms with Crippen molar-refractivity contribution in [3.8, 4) is 0 Å². The lowest BCUT2D eigenvalue weighted by Crippen LogP contribution is -2.32. The van der Waals surface area contributed by atoms with E-state index in [2.05, 4.69) is 32.8 Å². The largest absolute Gasteiger partial charge is 0.381 e. The van der Waals surface area contributed by atoms with Gasteiger partial charge in [-0.25, -0.2) is 4.98 Å². The first-order valence-electron chi connectivity index (χ1n) is 10.7. The predicted molar refractivity (Wildman–Crippen MR) is 128 cm³/mol. The van der Waals surface area contributed by atoms with Crippen LogP contribution in [0.25, 0.3) is 10.2 Å². The van der Waals surface area contributed by atoms with Crippen molar-refractivity contribution in [1.82, 2.24) is 10.3 Å². The van der Waals surface area contributed by atoms with Gasteiger partial charge < -0.3 is 15.0 Å². The van der Waals surface area contributed by atoms with Gasteiger partial charge in [0.1, 0.15) is 0 Å². The number of hydrogen-bond donors (Lipinski definition) is 1. The van der Waals surface area contributed by atoms with E-state index in [9.17, 15) is 4.79 Å². The number of anilines is 1. The molecule has 1 fully saturated rings. The van der Waals surface area contributed by atoms with Crippen molar-refractivity contribution < 1.29 is 9.53 Å². The Morgan fingerprint density at radius 2 is 2.13 bits per heavy atom. The van der Waals surface area contributed by atoms with Gasteiger partial charge in [-0.2, -0.15) is 0 Å². The SMILES string of the molecule is O=C(NC1=CC=CN(c2csc(CCC3CCOCC3)c2)C1)c1ccc2ncsc2c1. The molecule has 2 aromatic heterocycles. The molecule has 1 N–H and O–H groups in total. The first-order chi connectivity index (χ1) is 15.2. The summed E-state index contributed by atoms with van der Waals surface area (Å²) in [5, 5.41) is 5.29.